The zero-order valence-corrected chi connectivity index (χ0v) is 8.65. The lowest BCUT2D eigenvalue weighted by molar-refractivity contribution is -0.118. The summed E-state index contributed by atoms with van der Waals surface area (Å²) in [6.07, 6.45) is 3.53. The van der Waals surface area contributed by atoms with E-state index in [1.54, 1.807) is 4.90 Å². The van der Waals surface area contributed by atoms with Crippen LogP contribution >= 0.6 is 0 Å². The molecule has 0 spiro atoms. The molecular weight excluding hydrogens is 198 g/mol. The second kappa shape index (κ2) is 10.5. The molecule has 0 aliphatic heterocycles. The Kier molecular flexibility index (Phi) is 9.38. The number of hydrogen-bond acceptors (Lipinski definition) is 3. The van der Waals surface area contributed by atoms with Crippen LogP contribution in [0, 0.1) is 0 Å². The fraction of sp³-hybridized carbons (Fsp3) is 0.667. The van der Waals surface area contributed by atoms with Crippen LogP contribution in [0.3, 0.4) is 0 Å². The minimum Gasteiger partial charge on any atom is -0.359 e. The maximum absolute atomic E-state index is 10.6. The Morgan fingerprint density at radius 3 is 1.67 bits per heavy atom. The highest BCUT2D eigenvalue weighted by molar-refractivity contribution is 5.47. The van der Waals surface area contributed by atoms with Gasteiger partial charge in [-0.2, -0.15) is 0 Å². The Labute approximate surface area is 89.0 Å². The Hall–Kier alpha value is -1.59. The van der Waals surface area contributed by atoms with Crippen LogP contribution in [-0.4, -0.2) is 50.3 Å². The first kappa shape index (κ1) is 13.4. The summed E-state index contributed by atoms with van der Waals surface area (Å²) in [6, 6.07) is 0. The van der Waals surface area contributed by atoms with Gasteiger partial charge in [-0.15, -0.1) is 0 Å². The van der Waals surface area contributed by atoms with E-state index in [0.29, 0.717) is 39.0 Å². The summed E-state index contributed by atoms with van der Waals surface area (Å²) in [6.45, 7) is 2.37. The highest BCUT2D eigenvalue weighted by Gasteiger charge is 1.99. The van der Waals surface area contributed by atoms with Crippen molar-refractivity contribution in [1.82, 2.24) is 15.5 Å². The quantitative estimate of drug-likeness (QED) is 0.333. The Bertz CT molecular complexity index is 171. The number of rotatable bonds is 11. The van der Waals surface area contributed by atoms with Crippen LogP contribution in [0.15, 0.2) is 0 Å². The standard InChI is InChI=1S/C9H17N3O3/c13-7-10-3-1-5-12(9-15)6-2-4-11-8-14/h7-9H,1-6H2,(H,10,13)(H,11,14). The van der Waals surface area contributed by atoms with E-state index < -0.39 is 0 Å². The van der Waals surface area contributed by atoms with Gasteiger partial charge in [0.2, 0.25) is 19.2 Å². The molecule has 0 atom stereocenters. The molecule has 0 aromatic heterocycles. The van der Waals surface area contributed by atoms with Crippen molar-refractivity contribution in [2.24, 2.45) is 0 Å². The first-order chi connectivity index (χ1) is 7.35. The fourth-order valence-corrected chi connectivity index (χ4v) is 1.10. The van der Waals surface area contributed by atoms with E-state index in [2.05, 4.69) is 10.6 Å². The molecule has 0 rings (SSSR count). The van der Waals surface area contributed by atoms with Crippen molar-refractivity contribution in [2.75, 3.05) is 26.2 Å². The van der Waals surface area contributed by atoms with E-state index in [9.17, 15) is 14.4 Å². The number of nitrogens with one attached hydrogen (secondary N) is 2. The number of carbonyl (C=O) groups is 3. The van der Waals surface area contributed by atoms with E-state index in [-0.39, 0.29) is 0 Å². The van der Waals surface area contributed by atoms with Gasteiger partial charge in [-0.25, -0.2) is 0 Å². The molecule has 86 valence electrons. The van der Waals surface area contributed by atoms with Gasteiger partial charge in [0.1, 0.15) is 0 Å². The van der Waals surface area contributed by atoms with Crippen molar-refractivity contribution in [3.05, 3.63) is 0 Å². The van der Waals surface area contributed by atoms with Gasteiger partial charge in [-0.3, -0.25) is 14.4 Å². The predicted molar refractivity (Wildman–Crippen MR) is 55.0 cm³/mol. The number of amides is 3. The van der Waals surface area contributed by atoms with Gasteiger partial charge in [0.25, 0.3) is 0 Å². The molecule has 6 heteroatoms. The number of nitrogens with zero attached hydrogens (tertiary/aromatic N) is 1. The molecule has 0 radical (unpaired) electrons. The van der Waals surface area contributed by atoms with Gasteiger partial charge >= 0.3 is 0 Å². The molecule has 0 heterocycles. The van der Waals surface area contributed by atoms with Gasteiger partial charge in [-0.05, 0) is 12.8 Å². The average molecular weight is 215 g/mol. The van der Waals surface area contributed by atoms with E-state index >= 15 is 0 Å². The summed E-state index contributed by atoms with van der Waals surface area (Å²) in [5.41, 5.74) is 0. The molecule has 0 fully saturated rings. The van der Waals surface area contributed by atoms with Crippen molar-refractivity contribution in [1.29, 1.82) is 0 Å². The van der Waals surface area contributed by atoms with Crippen LogP contribution in [0.5, 0.6) is 0 Å². The molecule has 0 aliphatic rings. The molecule has 0 aromatic carbocycles. The van der Waals surface area contributed by atoms with Crippen molar-refractivity contribution in [2.45, 2.75) is 12.8 Å². The molecule has 2 N–H and O–H groups in total. The van der Waals surface area contributed by atoms with Crippen LogP contribution < -0.4 is 10.6 Å². The van der Waals surface area contributed by atoms with E-state index in [1.807, 2.05) is 0 Å². The minimum atomic E-state index is 0.570. The molecule has 0 saturated carbocycles. The van der Waals surface area contributed by atoms with Crippen LogP contribution in [0.4, 0.5) is 0 Å². The Morgan fingerprint density at radius 2 is 1.33 bits per heavy atom. The summed E-state index contributed by atoms with van der Waals surface area (Å²) in [7, 11) is 0. The molecule has 0 bridgehead atoms. The lowest BCUT2D eigenvalue weighted by Crippen LogP contribution is -2.29. The van der Waals surface area contributed by atoms with Crippen molar-refractivity contribution < 1.29 is 14.4 Å². The van der Waals surface area contributed by atoms with Crippen molar-refractivity contribution in [3.63, 3.8) is 0 Å². The Balaban J connectivity index is 3.41. The van der Waals surface area contributed by atoms with Gasteiger partial charge in [0.05, 0.1) is 0 Å². The lowest BCUT2D eigenvalue weighted by Gasteiger charge is -2.16. The lowest BCUT2D eigenvalue weighted by atomic mass is 10.3. The monoisotopic (exact) mass is 215 g/mol. The number of hydrogen-bond donors (Lipinski definition) is 2. The first-order valence-electron chi connectivity index (χ1n) is 4.88. The highest BCUT2D eigenvalue weighted by atomic mass is 16.1. The molecule has 0 aliphatic carbocycles. The molecular formula is C9H17N3O3. The van der Waals surface area contributed by atoms with E-state index in [4.69, 9.17) is 0 Å². The third kappa shape index (κ3) is 8.73. The third-order valence-electron chi connectivity index (χ3n) is 1.85. The molecule has 0 unspecified atom stereocenters. The van der Waals surface area contributed by atoms with Crippen LogP contribution in [-0.2, 0) is 14.4 Å². The van der Waals surface area contributed by atoms with Crippen LogP contribution in [0.2, 0.25) is 0 Å². The van der Waals surface area contributed by atoms with Crippen molar-refractivity contribution >= 4 is 19.2 Å². The summed E-state index contributed by atoms with van der Waals surface area (Å²) in [4.78, 5) is 32.1. The van der Waals surface area contributed by atoms with E-state index in [0.717, 1.165) is 19.3 Å². The van der Waals surface area contributed by atoms with Gasteiger partial charge in [-0.1, -0.05) is 0 Å². The molecule has 0 saturated heterocycles. The molecule has 3 amide bonds. The predicted octanol–water partition coefficient (Wildman–Crippen LogP) is -1.28. The third-order valence-corrected chi connectivity index (χ3v) is 1.85. The normalized spacial score (nSPS) is 9.07. The summed E-state index contributed by atoms with van der Waals surface area (Å²) in [5.74, 6) is 0. The largest absolute Gasteiger partial charge is 0.359 e. The maximum Gasteiger partial charge on any atom is 0.209 e. The number of carbonyl (C=O) groups excluding carboxylic acids is 3. The second-order valence-corrected chi connectivity index (χ2v) is 2.99. The first-order valence-corrected chi connectivity index (χ1v) is 4.88. The van der Waals surface area contributed by atoms with Crippen LogP contribution in [0.25, 0.3) is 0 Å². The highest BCUT2D eigenvalue weighted by Crippen LogP contribution is 1.89. The summed E-state index contributed by atoms with van der Waals surface area (Å²) >= 11 is 0. The summed E-state index contributed by atoms with van der Waals surface area (Å²) < 4.78 is 0. The maximum atomic E-state index is 10.6. The van der Waals surface area contributed by atoms with E-state index in [1.165, 1.54) is 0 Å². The zero-order chi connectivity index (χ0) is 11.4. The molecule has 6 nitrogen and oxygen atoms in total. The minimum absolute atomic E-state index is 0.570. The molecule has 15 heavy (non-hydrogen) atoms. The summed E-state index contributed by atoms with van der Waals surface area (Å²) in [5, 5.41) is 5.04. The molecule has 0 aromatic rings. The van der Waals surface area contributed by atoms with Gasteiger partial charge in [0, 0.05) is 26.2 Å². The topological polar surface area (TPSA) is 78.5 Å². The Morgan fingerprint density at radius 1 is 0.867 bits per heavy atom. The van der Waals surface area contributed by atoms with Crippen LogP contribution in [0.1, 0.15) is 12.8 Å². The SMILES string of the molecule is O=CNCCCN(C=O)CCCNC=O. The smallest absolute Gasteiger partial charge is 0.209 e. The van der Waals surface area contributed by atoms with Crippen molar-refractivity contribution in [3.8, 4) is 0 Å². The van der Waals surface area contributed by atoms with Gasteiger partial charge < -0.3 is 15.5 Å². The zero-order valence-electron chi connectivity index (χ0n) is 8.65. The second-order valence-electron chi connectivity index (χ2n) is 2.99. The fourth-order valence-electron chi connectivity index (χ4n) is 1.10. The average Bonchev–Trinajstić information content (AvgIpc) is 2.27. The van der Waals surface area contributed by atoms with Gasteiger partial charge in [0.15, 0.2) is 0 Å².